The number of halogens is 2. The molecule has 0 aliphatic rings. The zero-order chi connectivity index (χ0) is 18.6. The summed E-state index contributed by atoms with van der Waals surface area (Å²) >= 11 is 0. The third kappa shape index (κ3) is 4.07. The van der Waals surface area contributed by atoms with Crippen LogP contribution in [0.15, 0.2) is 36.4 Å². The molecule has 0 spiro atoms. The Morgan fingerprint density at radius 1 is 1.32 bits per heavy atom. The van der Waals surface area contributed by atoms with Crippen LogP contribution in [0.5, 0.6) is 0 Å². The molecule has 2 aromatic carbocycles. The molecule has 1 unspecified atom stereocenters. The van der Waals surface area contributed by atoms with Crippen molar-refractivity contribution in [1.82, 2.24) is 0 Å². The number of anilines is 1. The highest BCUT2D eigenvalue weighted by Gasteiger charge is 2.22. The molecular weight excluding hydrogens is 338 g/mol. The van der Waals surface area contributed by atoms with Gasteiger partial charge in [-0.15, -0.1) is 0 Å². The van der Waals surface area contributed by atoms with Crippen LogP contribution in [0, 0.1) is 21.7 Å². The topological polar surface area (TPSA) is 102 Å². The number of methoxy groups -OCH3 is 1. The van der Waals surface area contributed by atoms with Crippen molar-refractivity contribution < 1.29 is 28.3 Å². The number of benzene rings is 2. The molecular formula is C16H14F2N2O5. The third-order valence-electron chi connectivity index (χ3n) is 3.43. The summed E-state index contributed by atoms with van der Waals surface area (Å²) in [6, 6.07) is 6.76. The number of nitro groups is 1. The van der Waals surface area contributed by atoms with Gasteiger partial charge in [0.05, 0.1) is 17.6 Å². The van der Waals surface area contributed by atoms with Gasteiger partial charge in [-0.25, -0.2) is 13.6 Å². The highest BCUT2D eigenvalue weighted by atomic mass is 19.1. The quantitative estimate of drug-likeness (QED) is 0.471. The summed E-state index contributed by atoms with van der Waals surface area (Å²) in [5.74, 6) is -2.70. The first kappa shape index (κ1) is 18.3. The fourth-order valence-corrected chi connectivity index (χ4v) is 2.22. The molecule has 0 heterocycles. The number of nitro benzene ring substituents is 1. The molecule has 0 saturated heterocycles. The minimum atomic E-state index is -1.50. The van der Waals surface area contributed by atoms with Crippen molar-refractivity contribution in [2.75, 3.05) is 19.0 Å². The molecule has 0 amide bonds. The Balaban J connectivity index is 2.21. The summed E-state index contributed by atoms with van der Waals surface area (Å²) in [7, 11) is 1.08. The minimum absolute atomic E-state index is 0.238. The lowest BCUT2D eigenvalue weighted by Crippen LogP contribution is -2.15. The first-order valence-electron chi connectivity index (χ1n) is 7.07. The van der Waals surface area contributed by atoms with E-state index in [1.54, 1.807) is 0 Å². The number of ether oxygens (including phenoxy) is 1. The van der Waals surface area contributed by atoms with Crippen LogP contribution >= 0.6 is 0 Å². The van der Waals surface area contributed by atoms with E-state index < -0.39 is 39.9 Å². The zero-order valence-electron chi connectivity index (χ0n) is 13.0. The van der Waals surface area contributed by atoms with Gasteiger partial charge in [0, 0.05) is 18.3 Å². The molecule has 0 aromatic heterocycles. The van der Waals surface area contributed by atoms with Crippen LogP contribution in [-0.2, 0) is 4.74 Å². The van der Waals surface area contributed by atoms with Crippen LogP contribution in [-0.4, -0.2) is 29.7 Å². The molecule has 0 fully saturated rings. The van der Waals surface area contributed by atoms with Gasteiger partial charge in [0.2, 0.25) is 0 Å². The molecule has 0 bridgehead atoms. The number of hydrogen-bond acceptors (Lipinski definition) is 6. The van der Waals surface area contributed by atoms with Gasteiger partial charge >= 0.3 is 5.97 Å². The number of nitrogens with zero attached hydrogens (tertiary/aromatic N) is 1. The maximum Gasteiger partial charge on any atom is 0.344 e. The van der Waals surface area contributed by atoms with Crippen molar-refractivity contribution in [2.24, 2.45) is 0 Å². The maximum absolute atomic E-state index is 13.6. The van der Waals surface area contributed by atoms with Gasteiger partial charge < -0.3 is 15.2 Å². The van der Waals surface area contributed by atoms with Crippen molar-refractivity contribution >= 4 is 17.3 Å². The predicted molar refractivity (Wildman–Crippen MR) is 84.2 cm³/mol. The van der Waals surface area contributed by atoms with Crippen LogP contribution in [0.3, 0.4) is 0 Å². The number of carbonyl (C=O) groups is 1. The summed E-state index contributed by atoms with van der Waals surface area (Å²) in [4.78, 5) is 21.8. The predicted octanol–water partition coefficient (Wildman–Crippen LogP) is 2.81. The van der Waals surface area contributed by atoms with Crippen molar-refractivity contribution in [3.05, 3.63) is 69.3 Å². The van der Waals surface area contributed by atoms with Gasteiger partial charge in [-0.2, -0.15) is 0 Å². The van der Waals surface area contributed by atoms with Gasteiger partial charge in [-0.3, -0.25) is 10.1 Å². The Morgan fingerprint density at radius 3 is 2.52 bits per heavy atom. The largest absolute Gasteiger partial charge is 0.465 e. The number of carbonyl (C=O) groups excluding carboxylic acids is 1. The van der Waals surface area contributed by atoms with Crippen LogP contribution in [0.1, 0.15) is 22.0 Å². The lowest BCUT2D eigenvalue weighted by atomic mass is 10.1. The van der Waals surface area contributed by atoms with E-state index in [1.165, 1.54) is 12.1 Å². The Bertz CT molecular complexity index is 793. The van der Waals surface area contributed by atoms with Gasteiger partial charge in [0.1, 0.15) is 23.3 Å². The van der Waals surface area contributed by atoms with Crippen molar-refractivity contribution in [3.63, 3.8) is 0 Å². The molecule has 2 aromatic rings. The summed E-state index contributed by atoms with van der Waals surface area (Å²) in [5, 5.41) is 23.6. The first-order chi connectivity index (χ1) is 11.8. The first-order valence-corrected chi connectivity index (χ1v) is 7.07. The summed E-state index contributed by atoms with van der Waals surface area (Å²) in [6.45, 7) is -0.281. The van der Waals surface area contributed by atoms with Gasteiger partial charge in [-0.1, -0.05) is 6.07 Å². The molecule has 0 aliphatic heterocycles. The van der Waals surface area contributed by atoms with Gasteiger partial charge in [0.25, 0.3) is 5.69 Å². The van der Waals surface area contributed by atoms with E-state index in [1.807, 2.05) is 0 Å². The Morgan fingerprint density at radius 2 is 1.96 bits per heavy atom. The minimum Gasteiger partial charge on any atom is -0.465 e. The maximum atomic E-state index is 13.6. The zero-order valence-corrected chi connectivity index (χ0v) is 13.0. The van der Waals surface area contributed by atoms with E-state index in [0.717, 1.165) is 31.4 Å². The van der Waals surface area contributed by atoms with E-state index in [4.69, 9.17) is 0 Å². The van der Waals surface area contributed by atoms with Crippen molar-refractivity contribution in [3.8, 4) is 0 Å². The molecule has 1 atom stereocenters. The number of hydrogen-bond donors (Lipinski definition) is 2. The second kappa shape index (κ2) is 7.67. The normalized spacial score (nSPS) is 11.7. The second-order valence-electron chi connectivity index (χ2n) is 5.01. The molecule has 9 heteroatoms. The molecule has 2 rings (SSSR count). The van der Waals surface area contributed by atoms with Crippen LogP contribution in [0.2, 0.25) is 0 Å². The molecule has 0 aliphatic carbocycles. The highest BCUT2D eigenvalue weighted by Crippen LogP contribution is 2.25. The smallest absolute Gasteiger partial charge is 0.344 e. The molecule has 7 nitrogen and oxygen atoms in total. The molecule has 2 N–H and O–H groups in total. The van der Waals surface area contributed by atoms with E-state index in [0.29, 0.717) is 0 Å². The standard InChI is InChI=1S/C16H14F2N2O5/c1-25-16(22)10-7-9(5-6-13(10)20(23)24)19-8-14(21)15-11(17)3-2-4-12(15)18/h2-7,14,19,21H,8H2,1H3. The monoisotopic (exact) mass is 352 g/mol. The molecule has 0 radical (unpaired) electrons. The average Bonchev–Trinajstić information content (AvgIpc) is 2.58. The third-order valence-corrected chi connectivity index (χ3v) is 3.43. The number of esters is 1. The van der Waals surface area contributed by atoms with Crippen molar-refractivity contribution in [1.29, 1.82) is 0 Å². The van der Waals surface area contributed by atoms with Crippen LogP contribution < -0.4 is 5.32 Å². The molecule has 0 saturated carbocycles. The van der Waals surface area contributed by atoms with Crippen molar-refractivity contribution in [2.45, 2.75) is 6.10 Å². The Labute approximate surface area is 141 Å². The van der Waals surface area contributed by atoms with Gasteiger partial charge in [-0.05, 0) is 24.3 Å². The van der Waals surface area contributed by atoms with Crippen LogP contribution in [0.25, 0.3) is 0 Å². The lowest BCUT2D eigenvalue weighted by Gasteiger charge is -2.15. The summed E-state index contributed by atoms with van der Waals surface area (Å²) in [6.07, 6.45) is -1.50. The summed E-state index contributed by atoms with van der Waals surface area (Å²) in [5.41, 5.74) is -0.992. The van der Waals surface area contributed by atoms with E-state index in [9.17, 15) is 28.8 Å². The van der Waals surface area contributed by atoms with Crippen LogP contribution in [0.4, 0.5) is 20.2 Å². The number of nitrogens with one attached hydrogen (secondary N) is 1. The van der Waals surface area contributed by atoms with Gasteiger partial charge in [0.15, 0.2) is 0 Å². The molecule has 25 heavy (non-hydrogen) atoms. The van der Waals surface area contributed by atoms with E-state index in [2.05, 4.69) is 10.1 Å². The number of rotatable bonds is 6. The SMILES string of the molecule is COC(=O)c1cc(NCC(O)c2c(F)cccc2F)ccc1[N+](=O)[O-]. The van der Waals surface area contributed by atoms with E-state index >= 15 is 0 Å². The number of aliphatic hydroxyl groups is 1. The average molecular weight is 352 g/mol. The fraction of sp³-hybridized carbons (Fsp3) is 0.188. The Kier molecular flexibility index (Phi) is 5.60. The second-order valence-corrected chi connectivity index (χ2v) is 5.01. The summed E-state index contributed by atoms with van der Waals surface area (Å²) < 4.78 is 31.7. The highest BCUT2D eigenvalue weighted by molar-refractivity contribution is 5.95. The van der Waals surface area contributed by atoms with E-state index in [-0.39, 0.29) is 17.8 Å². The fourth-order valence-electron chi connectivity index (χ4n) is 2.22. The Hall–Kier alpha value is -3.07. The number of aliphatic hydroxyl groups excluding tert-OH is 1. The molecule has 132 valence electrons. The lowest BCUT2D eigenvalue weighted by molar-refractivity contribution is -0.385.